The van der Waals surface area contributed by atoms with Crippen LogP contribution in [-0.4, -0.2) is 190 Å². The highest BCUT2D eigenvalue weighted by molar-refractivity contribution is 7.98. The Labute approximate surface area is 503 Å². The van der Waals surface area contributed by atoms with Crippen molar-refractivity contribution in [2.45, 2.75) is 166 Å². The van der Waals surface area contributed by atoms with Crippen LogP contribution in [0.5, 0.6) is 5.75 Å². The maximum absolute atomic E-state index is 14.4. The molecule has 0 saturated carbocycles. The molecule has 0 aliphatic heterocycles. The van der Waals surface area contributed by atoms with Gasteiger partial charge in [0.2, 0.25) is 53.2 Å². The molecule has 0 bridgehead atoms. The van der Waals surface area contributed by atoms with Crippen molar-refractivity contribution < 1.29 is 82.4 Å². The third-order valence-corrected chi connectivity index (χ3v) is 14.0. The molecule has 478 valence electrons. The molecule has 0 aliphatic rings. The van der Waals surface area contributed by atoms with Gasteiger partial charge in [-0.05, 0) is 125 Å². The maximum atomic E-state index is 14.4. The van der Waals surface area contributed by atoms with Gasteiger partial charge in [-0.3, -0.25) is 57.5 Å². The minimum Gasteiger partial charge on any atom is -0.481 e. The standard InChI is InChI=1S/C54H88N12O17S2/c1-29(2)26-38(51(78)63-39(27-43(70)71)52(79)65-40(28-67)54(81)82)64-53(80)44(30(3)4)66-50(77)34(16-11-13-23-56)60-46(73)33(15-10-12-22-55)59-49(76)37(21-25-85-7)62-47(74)35(18-19-42(57)69)61-48(75)36(20-24-84-6)58-45(72)32-14-8-9-17-41(32)83-31(5)68/h8-9,14,17,29-30,33-40,44,67H,10-13,15-16,18-28,55-56H2,1-7H3,(H2,57,69)(H,58,72)(H,59,76)(H,60,73)(H,61,75)(H,62,74)(H,63,78)(H,64,80)(H,65,79)(H,66,77)(H,70,71)(H,81,82)/t33-,34-,35-,36-,37-,38-,39-,40-,44-/m0/s1. The Morgan fingerprint density at radius 3 is 1.36 bits per heavy atom. The van der Waals surface area contributed by atoms with Crippen molar-refractivity contribution >= 4 is 101 Å². The molecule has 0 saturated heterocycles. The number of benzene rings is 1. The van der Waals surface area contributed by atoms with Crippen molar-refractivity contribution in [1.29, 1.82) is 0 Å². The molecule has 10 amide bonds. The van der Waals surface area contributed by atoms with E-state index in [0.29, 0.717) is 37.2 Å². The number of nitrogens with two attached hydrogens (primary N) is 3. The summed E-state index contributed by atoms with van der Waals surface area (Å²) in [6, 6.07) is -7.42. The summed E-state index contributed by atoms with van der Waals surface area (Å²) in [6.45, 7) is 7.12. The van der Waals surface area contributed by atoms with Gasteiger partial charge in [-0.15, -0.1) is 0 Å². The molecule has 0 aliphatic carbocycles. The number of aliphatic hydroxyl groups is 1. The van der Waals surface area contributed by atoms with Gasteiger partial charge in [0.1, 0.15) is 60.1 Å². The van der Waals surface area contributed by atoms with Gasteiger partial charge in [0, 0.05) is 13.3 Å². The number of unbranched alkanes of at least 4 members (excludes halogenated alkanes) is 2. The largest absolute Gasteiger partial charge is 0.481 e. The summed E-state index contributed by atoms with van der Waals surface area (Å²) >= 11 is 2.70. The Bertz CT molecular complexity index is 2420. The van der Waals surface area contributed by atoms with Crippen LogP contribution in [0.1, 0.15) is 122 Å². The molecule has 31 heteroatoms. The van der Waals surface area contributed by atoms with Crippen LogP contribution in [0.15, 0.2) is 24.3 Å². The summed E-state index contributed by atoms with van der Waals surface area (Å²) in [6.07, 6.45) is 3.23. The highest BCUT2D eigenvalue weighted by atomic mass is 32.2. The number of aliphatic carboxylic acids is 2. The van der Waals surface area contributed by atoms with E-state index < -0.39 is 150 Å². The van der Waals surface area contributed by atoms with E-state index in [-0.39, 0.29) is 75.3 Å². The number of carbonyl (C=O) groups is 13. The second-order valence-electron chi connectivity index (χ2n) is 20.7. The molecule has 9 atom stereocenters. The van der Waals surface area contributed by atoms with Crippen molar-refractivity contribution in [3.05, 3.63) is 29.8 Å². The molecule has 85 heavy (non-hydrogen) atoms. The smallest absolute Gasteiger partial charge is 0.328 e. The predicted molar refractivity (Wildman–Crippen MR) is 316 cm³/mol. The van der Waals surface area contributed by atoms with Crippen molar-refractivity contribution in [2.75, 3.05) is 43.7 Å². The predicted octanol–water partition coefficient (Wildman–Crippen LogP) is -2.13. The fraction of sp³-hybridized carbons (Fsp3) is 0.648. The molecular formula is C54H88N12O17S2. The van der Waals surface area contributed by atoms with Gasteiger partial charge in [-0.2, -0.15) is 23.5 Å². The molecule has 1 rings (SSSR count). The summed E-state index contributed by atoms with van der Waals surface area (Å²) < 4.78 is 5.17. The summed E-state index contributed by atoms with van der Waals surface area (Å²) in [4.78, 5) is 172. The number of ether oxygens (including phenoxy) is 1. The van der Waals surface area contributed by atoms with Crippen LogP contribution < -0.4 is 69.8 Å². The molecule has 1 aromatic carbocycles. The SMILES string of the molecule is CSCC[C@H](NC(=O)c1ccccc1OC(C)=O)C(=O)N[C@@H](CCC(N)=O)C(=O)N[C@@H](CCSC)C(=O)N[C@@H](CCCCN)C(=O)N[C@@H](CCCCN)C(=O)N[C@H](C(=O)N[C@@H](CC(C)C)C(=O)N[C@@H](CC(=O)O)C(=O)N[C@@H](CO)C(=O)O)C(C)C. The van der Waals surface area contributed by atoms with Gasteiger partial charge in [0.05, 0.1) is 18.6 Å². The first-order valence-corrected chi connectivity index (χ1v) is 30.7. The van der Waals surface area contributed by atoms with Gasteiger partial charge in [-0.1, -0.05) is 39.8 Å². The number of nitrogens with one attached hydrogen (secondary N) is 9. The number of thioether (sulfide) groups is 2. The number of amides is 10. The molecular weight excluding hydrogens is 1150 g/mol. The van der Waals surface area contributed by atoms with Gasteiger partial charge in [0.15, 0.2) is 0 Å². The number of carboxylic acid groups (broad SMARTS) is 2. The Balaban J connectivity index is 3.57. The number of rotatable bonds is 43. The number of hydrogen-bond donors (Lipinski definition) is 15. The number of carboxylic acids is 2. The van der Waals surface area contributed by atoms with E-state index in [0.717, 1.165) is 6.92 Å². The molecule has 1 aromatic rings. The van der Waals surface area contributed by atoms with Crippen molar-refractivity contribution in [1.82, 2.24) is 47.9 Å². The quantitative estimate of drug-likeness (QED) is 0.0189. The van der Waals surface area contributed by atoms with Crippen LogP contribution in [0.2, 0.25) is 0 Å². The third-order valence-electron chi connectivity index (χ3n) is 12.7. The number of para-hydroxylation sites is 1. The Hall–Kier alpha value is -7.09. The lowest BCUT2D eigenvalue weighted by Gasteiger charge is -2.29. The fourth-order valence-electron chi connectivity index (χ4n) is 8.18. The summed E-state index contributed by atoms with van der Waals surface area (Å²) in [7, 11) is 0. The lowest BCUT2D eigenvalue weighted by Crippen LogP contribution is -2.61. The van der Waals surface area contributed by atoms with E-state index in [1.54, 1.807) is 46.3 Å². The topological polar surface area (TPSA) is 478 Å². The van der Waals surface area contributed by atoms with Crippen LogP contribution in [0.25, 0.3) is 0 Å². The van der Waals surface area contributed by atoms with E-state index in [4.69, 9.17) is 21.9 Å². The summed E-state index contributed by atoms with van der Waals surface area (Å²) in [5, 5.41) is 50.8. The Kier molecular flexibility index (Phi) is 36.7. The van der Waals surface area contributed by atoms with Crippen LogP contribution in [0.4, 0.5) is 0 Å². The van der Waals surface area contributed by atoms with Gasteiger partial charge in [-0.25, -0.2) is 4.79 Å². The summed E-state index contributed by atoms with van der Waals surface area (Å²) in [5.41, 5.74) is 17.0. The average Bonchev–Trinajstić information content (AvgIpc) is 3.60. The minimum atomic E-state index is -1.84. The maximum Gasteiger partial charge on any atom is 0.328 e. The number of aliphatic hydroxyl groups excluding tert-OH is 1. The second kappa shape index (κ2) is 41.0. The van der Waals surface area contributed by atoms with Crippen LogP contribution in [-0.2, 0) is 57.5 Å². The molecule has 0 aromatic heterocycles. The molecule has 0 spiro atoms. The Morgan fingerprint density at radius 2 is 0.941 bits per heavy atom. The zero-order valence-electron chi connectivity index (χ0n) is 49.3. The van der Waals surface area contributed by atoms with Gasteiger partial charge in [0.25, 0.3) is 5.91 Å². The third kappa shape index (κ3) is 29.5. The number of primary amides is 1. The molecule has 0 heterocycles. The second-order valence-corrected chi connectivity index (χ2v) is 22.6. The Morgan fingerprint density at radius 1 is 0.529 bits per heavy atom. The highest BCUT2D eigenvalue weighted by Gasteiger charge is 2.37. The van der Waals surface area contributed by atoms with Crippen molar-refractivity contribution in [3.8, 4) is 5.75 Å². The average molecular weight is 1240 g/mol. The lowest BCUT2D eigenvalue weighted by atomic mass is 9.98. The lowest BCUT2D eigenvalue weighted by molar-refractivity contribution is -0.144. The first kappa shape index (κ1) is 75.9. The van der Waals surface area contributed by atoms with Gasteiger partial charge < -0.3 is 85.1 Å². The van der Waals surface area contributed by atoms with E-state index >= 15 is 0 Å². The van der Waals surface area contributed by atoms with E-state index in [2.05, 4.69) is 42.5 Å². The fourth-order valence-corrected chi connectivity index (χ4v) is 9.12. The zero-order valence-corrected chi connectivity index (χ0v) is 50.9. The molecule has 0 radical (unpaired) electrons. The van der Waals surface area contributed by atoms with E-state index in [1.807, 2.05) is 5.32 Å². The number of hydrogen-bond acceptors (Lipinski definition) is 19. The van der Waals surface area contributed by atoms with E-state index in [9.17, 15) is 77.6 Å². The van der Waals surface area contributed by atoms with Crippen molar-refractivity contribution in [3.63, 3.8) is 0 Å². The van der Waals surface area contributed by atoms with Crippen LogP contribution in [0.3, 0.4) is 0 Å². The van der Waals surface area contributed by atoms with Crippen LogP contribution >= 0.6 is 23.5 Å². The first-order chi connectivity index (χ1) is 40.1. The molecule has 0 fully saturated rings. The molecule has 0 unspecified atom stereocenters. The highest BCUT2D eigenvalue weighted by Crippen LogP contribution is 2.19. The van der Waals surface area contributed by atoms with Crippen LogP contribution in [0, 0.1) is 11.8 Å². The first-order valence-electron chi connectivity index (χ1n) is 27.9. The normalized spacial score (nSPS) is 14.3. The number of carbonyl (C=O) groups excluding carboxylic acids is 11. The zero-order chi connectivity index (χ0) is 64.3. The minimum absolute atomic E-state index is 0.000931. The van der Waals surface area contributed by atoms with E-state index in [1.165, 1.54) is 41.7 Å². The molecule has 18 N–H and O–H groups in total. The number of esters is 1. The molecule has 29 nitrogen and oxygen atoms in total. The van der Waals surface area contributed by atoms with Gasteiger partial charge >= 0.3 is 17.9 Å². The summed E-state index contributed by atoms with van der Waals surface area (Å²) in [5.74, 6) is -13.2. The monoisotopic (exact) mass is 1240 g/mol. The van der Waals surface area contributed by atoms with Crippen molar-refractivity contribution in [2.24, 2.45) is 29.0 Å².